The lowest BCUT2D eigenvalue weighted by Gasteiger charge is -2.10. The second-order valence-electron chi connectivity index (χ2n) is 3.64. The molecule has 19 heavy (non-hydrogen) atoms. The van der Waals surface area contributed by atoms with Gasteiger partial charge in [-0.3, -0.25) is 4.72 Å². The molecule has 0 spiro atoms. The van der Waals surface area contributed by atoms with Gasteiger partial charge in [-0.25, -0.2) is 17.2 Å². The topological polar surface area (TPSA) is 46.2 Å². The predicted molar refractivity (Wildman–Crippen MR) is 68.6 cm³/mol. The van der Waals surface area contributed by atoms with Gasteiger partial charge < -0.3 is 0 Å². The molecule has 100 valence electrons. The van der Waals surface area contributed by atoms with E-state index in [9.17, 15) is 17.2 Å². The fraction of sp³-hybridized carbons (Fsp3) is 0. The van der Waals surface area contributed by atoms with Crippen LogP contribution in [0.4, 0.5) is 14.5 Å². The first-order valence-corrected chi connectivity index (χ1v) is 6.99. The number of benzene rings is 2. The third-order valence-corrected chi connectivity index (χ3v) is 4.01. The number of nitrogens with one attached hydrogen (secondary N) is 1. The number of hydrogen-bond acceptors (Lipinski definition) is 2. The van der Waals surface area contributed by atoms with Crippen LogP contribution in [0.25, 0.3) is 0 Å². The highest BCUT2D eigenvalue weighted by molar-refractivity contribution is 7.92. The third kappa shape index (κ3) is 2.85. The van der Waals surface area contributed by atoms with Crippen LogP contribution in [0.1, 0.15) is 0 Å². The molecular weight excluding hydrogens is 296 g/mol. The summed E-state index contributed by atoms with van der Waals surface area (Å²) < 4.78 is 52.8. The van der Waals surface area contributed by atoms with Gasteiger partial charge in [0.15, 0.2) is 5.82 Å². The van der Waals surface area contributed by atoms with Crippen molar-refractivity contribution in [1.29, 1.82) is 0 Å². The molecule has 0 amide bonds. The predicted octanol–water partition coefficient (Wildman–Crippen LogP) is 3.42. The first-order chi connectivity index (χ1) is 8.92. The molecule has 2 aromatic rings. The van der Waals surface area contributed by atoms with Crippen LogP contribution < -0.4 is 4.72 Å². The Kier molecular flexibility index (Phi) is 3.73. The van der Waals surface area contributed by atoms with Gasteiger partial charge >= 0.3 is 0 Å². The molecule has 0 fully saturated rings. The van der Waals surface area contributed by atoms with Crippen molar-refractivity contribution in [3.8, 4) is 0 Å². The smallest absolute Gasteiger partial charge is 0.264 e. The Bertz CT molecular complexity index is 719. The van der Waals surface area contributed by atoms with Gasteiger partial charge in [-0.1, -0.05) is 29.8 Å². The van der Waals surface area contributed by atoms with Crippen molar-refractivity contribution in [2.45, 2.75) is 4.90 Å². The molecule has 0 aliphatic carbocycles. The van der Waals surface area contributed by atoms with Gasteiger partial charge in [-0.2, -0.15) is 0 Å². The van der Waals surface area contributed by atoms with Crippen LogP contribution in [0.15, 0.2) is 47.4 Å². The van der Waals surface area contributed by atoms with E-state index in [0.29, 0.717) is 0 Å². The highest BCUT2D eigenvalue weighted by Crippen LogP contribution is 2.25. The van der Waals surface area contributed by atoms with Crippen LogP contribution in [-0.4, -0.2) is 8.42 Å². The van der Waals surface area contributed by atoms with E-state index in [1.165, 1.54) is 30.3 Å². The summed E-state index contributed by atoms with van der Waals surface area (Å²) in [5.41, 5.74) is -0.337. The SMILES string of the molecule is O=S(=O)(Nc1cccc(Cl)c1F)c1ccccc1F. The Morgan fingerprint density at radius 2 is 1.68 bits per heavy atom. The molecule has 2 rings (SSSR count). The van der Waals surface area contributed by atoms with Gasteiger partial charge in [0, 0.05) is 0 Å². The van der Waals surface area contributed by atoms with E-state index >= 15 is 0 Å². The van der Waals surface area contributed by atoms with Gasteiger partial charge in [-0.05, 0) is 24.3 Å². The lowest BCUT2D eigenvalue weighted by atomic mass is 10.3. The van der Waals surface area contributed by atoms with E-state index in [-0.39, 0.29) is 10.7 Å². The summed E-state index contributed by atoms with van der Waals surface area (Å²) >= 11 is 5.54. The van der Waals surface area contributed by atoms with Gasteiger partial charge in [0.25, 0.3) is 10.0 Å². The van der Waals surface area contributed by atoms with Crippen molar-refractivity contribution in [2.75, 3.05) is 4.72 Å². The first-order valence-electron chi connectivity index (χ1n) is 5.13. The first kappa shape index (κ1) is 13.8. The number of anilines is 1. The molecule has 0 aliphatic rings. The molecule has 0 aromatic heterocycles. The van der Waals surface area contributed by atoms with Gasteiger partial charge in [0.2, 0.25) is 0 Å². The number of hydrogen-bond donors (Lipinski definition) is 1. The third-order valence-electron chi connectivity index (χ3n) is 2.32. The lowest BCUT2D eigenvalue weighted by Crippen LogP contribution is -2.15. The van der Waals surface area contributed by atoms with Crippen LogP contribution in [-0.2, 0) is 10.0 Å². The zero-order chi connectivity index (χ0) is 14.0. The van der Waals surface area contributed by atoms with Crippen molar-refractivity contribution in [3.63, 3.8) is 0 Å². The van der Waals surface area contributed by atoms with E-state index in [0.717, 1.165) is 12.1 Å². The zero-order valence-electron chi connectivity index (χ0n) is 9.40. The summed E-state index contributed by atoms with van der Waals surface area (Å²) in [7, 11) is -4.21. The molecular formula is C12H8ClF2NO2S. The Morgan fingerprint density at radius 1 is 1.00 bits per heavy atom. The molecule has 0 aliphatic heterocycles. The molecule has 0 atom stereocenters. The van der Waals surface area contributed by atoms with Crippen molar-refractivity contribution in [2.24, 2.45) is 0 Å². The summed E-state index contributed by atoms with van der Waals surface area (Å²) in [6.07, 6.45) is 0. The molecule has 0 saturated carbocycles. The van der Waals surface area contributed by atoms with Crippen molar-refractivity contribution < 1.29 is 17.2 Å². The van der Waals surface area contributed by atoms with Crippen molar-refractivity contribution >= 4 is 27.3 Å². The van der Waals surface area contributed by atoms with Crippen LogP contribution in [0.5, 0.6) is 0 Å². The highest BCUT2D eigenvalue weighted by atomic mass is 35.5. The maximum absolute atomic E-state index is 13.6. The minimum Gasteiger partial charge on any atom is -0.277 e. The summed E-state index contributed by atoms with van der Waals surface area (Å²) in [4.78, 5) is -0.561. The average Bonchev–Trinajstić information content (AvgIpc) is 2.35. The van der Waals surface area contributed by atoms with E-state index in [1.54, 1.807) is 0 Å². The van der Waals surface area contributed by atoms with E-state index in [1.807, 2.05) is 4.72 Å². The summed E-state index contributed by atoms with van der Waals surface area (Å²) in [5, 5.41) is -0.228. The Hall–Kier alpha value is -1.66. The molecule has 0 heterocycles. The summed E-state index contributed by atoms with van der Waals surface area (Å²) in [6.45, 7) is 0. The molecule has 7 heteroatoms. The van der Waals surface area contributed by atoms with Crippen LogP contribution >= 0.6 is 11.6 Å². The van der Waals surface area contributed by atoms with Crippen LogP contribution in [0.3, 0.4) is 0 Å². The summed E-state index contributed by atoms with van der Waals surface area (Å²) in [5.74, 6) is -1.83. The zero-order valence-corrected chi connectivity index (χ0v) is 11.0. The number of sulfonamides is 1. The Morgan fingerprint density at radius 3 is 2.37 bits per heavy atom. The minimum absolute atomic E-state index is 0.228. The highest BCUT2D eigenvalue weighted by Gasteiger charge is 2.20. The molecule has 0 radical (unpaired) electrons. The largest absolute Gasteiger partial charge is 0.277 e. The standard InChI is InChI=1S/C12H8ClF2NO2S/c13-8-4-3-6-10(12(8)15)16-19(17,18)11-7-2-1-5-9(11)14/h1-7,16H. The van der Waals surface area contributed by atoms with Crippen molar-refractivity contribution in [1.82, 2.24) is 0 Å². The fourth-order valence-electron chi connectivity index (χ4n) is 1.45. The van der Waals surface area contributed by atoms with E-state index < -0.39 is 26.6 Å². The molecule has 3 nitrogen and oxygen atoms in total. The molecule has 2 aromatic carbocycles. The van der Waals surface area contributed by atoms with Gasteiger partial charge in [-0.15, -0.1) is 0 Å². The van der Waals surface area contributed by atoms with Crippen LogP contribution in [0, 0.1) is 11.6 Å². The molecule has 0 bridgehead atoms. The number of rotatable bonds is 3. The minimum atomic E-state index is -4.21. The maximum atomic E-state index is 13.6. The number of halogens is 3. The normalized spacial score (nSPS) is 11.3. The van der Waals surface area contributed by atoms with E-state index in [2.05, 4.69) is 0 Å². The fourth-order valence-corrected chi connectivity index (χ4v) is 2.76. The Labute approximate surface area is 113 Å². The van der Waals surface area contributed by atoms with E-state index in [4.69, 9.17) is 11.6 Å². The second kappa shape index (κ2) is 5.14. The quantitative estimate of drug-likeness (QED) is 0.944. The lowest BCUT2D eigenvalue weighted by molar-refractivity contribution is 0.569. The second-order valence-corrected chi connectivity index (χ2v) is 5.70. The van der Waals surface area contributed by atoms with Gasteiger partial charge in [0.1, 0.15) is 10.7 Å². The van der Waals surface area contributed by atoms with Crippen LogP contribution in [0.2, 0.25) is 5.02 Å². The maximum Gasteiger partial charge on any atom is 0.264 e. The monoisotopic (exact) mass is 303 g/mol. The summed E-state index contributed by atoms with van der Waals surface area (Å²) in [6, 6.07) is 8.66. The molecule has 0 unspecified atom stereocenters. The Balaban J connectivity index is 2.43. The molecule has 1 N–H and O–H groups in total. The van der Waals surface area contributed by atoms with Gasteiger partial charge in [0.05, 0.1) is 10.7 Å². The molecule has 0 saturated heterocycles. The van der Waals surface area contributed by atoms with Crippen molar-refractivity contribution in [3.05, 3.63) is 59.1 Å². The average molecular weight is 304 g/mol.